The molecule has 0 aliphatic rings. The van der Waals surface area contributed by atoms with Gasteiger partial charge in [0, 0.05) is 39.6 Å². The molecular formula is C36H31CuN7O3. The second kappa shape index (κ2) is 13.4. The van der Waals surface area contributed by atoms with Gasteiger partial charge < -0.3 is 21.1 Å². The van der Waals surface area contributed by atoms with E-state index in [4.69, 9.17) is 5.73 Å². The van der Waals surface area contributed by atoms with Crippen molar-refractivity contribution >= 4 is 61.4 Å². The van der Waals surface area contributed by atoms with Crippen molar-refractivity contribution in [2.24, 2.45) is 30.7 Å². The minimum atomic E-state index is -0.114. The van der Waals surface area contributed by atoms with E-state index in [0.29, 0.717) is 44.8 Å². The molecule has 6 aromatic carbocycles. The number of aromatic hydroxyl groups is 3. The fourth-order valence-electron chi connectivity index (χ4n) is 5.14. The normalized spacial score (nSPS) is 11.7. The quantitative estimate of drug-likeness (QED) is 0.0787. The Labute approximate surface area is 281 Å². The molecule has 0 fully saturated rings. The van der Waals surface area contributed by atoms with Crippen LogP contribution in [0.2, 0.25) is 0 Å². The van der Waals surface area contributed by atoms with Crippen LogP contribution in [0.25, 0.3) is 21.5 Å². The van der Waals surface area contributed by atoms with Crippen LogP contribution in [0, 0.1) is 27.7 Å². The predicted molar refractivity (Wildman–Crippen MR) is 182 cm³/mol. The molecule has 0 aliphatic carbocycles. The largest absolute Gasteiger partial charge is 0.506 e. The summed E-state index contributed by atoms with van der Waals surface area (Å²) in [5.74, 6) is -0.133. The van der Waals surface area contributed by atoms with Crippen LogP contribution in [-0.2, 0) is 17.1 Å². The Kier molecular flexibility index (Phi) is 9.32. The fraction of sp³-hybridized carbons (Fsp3) is 0.111. The van der Waals surface area contributed by atoms with Gasteiger partial charge in [0.05, 0.1) is 17.1 Å². The fourth-order valence-corrected chi connectivity index (χ4v) is 5.14. The van der Waals surface area contributed by atoms with E-state index in [2.05, 4.69) is 30.7 Å². The zero-order valence-electron chi connectivity index (χ0n) is 26.0. The van der Waals surface area contributed by atoms with Crippen LogP contribution >= 0.6 is 0 Å². The smallest absolute Gasteiger partial charge is 0.151 e. The van der Waals surface area contributed by atoms with Crippen LogP contribution in [0.15, 0.2) is 116 Å². The number of hydrogen-bond donors (Lipinski definition) is 4. The summed E-state index contributed by atoms with van der Waals surface area (Å²) in [5.41, 5.74) is 12.4. The van der Waals surface area contributed by atoms with Crippen LogP contribution in [0.4, 0.5) is 39.8 Å². The minimum absolute atomic E-state index is 0. The molecule has 6 rings (SSSR count). The van der Waals surface area contributed by atoms with E-state index in [1.165, 1.54) is 6.07 Å². The van der Waals surface area contributed by atoms with Crippen LogP contribution < -0.4 is 5.73 Å². The number of benzene rings is 6. The number of azo groups is 3. The van der Waals surface area contributed by atoms with Gasteiger partial charge in [0.15, 0.2) is 11.5 Å². The van der Waals surface area contributed by atoms with Crippen molar-refractivity contribution in [2.75, 3.05) is 5.73 Å². The van der Waals surface area contributed by atoms with Gasteiger partial charge in [-0.05, 0) is 122 Å². The third kappa shape index (κ3) is 6.81. The molecule has 0 amide bonds. The first kappa shape index (κ1) is 32.7. The SMILES string of the molecule is Cc1ccc(N=Nc2cc(O)c(N=Nc3c(C)cc4cc(N=Nc5c(C)cc6cc(N)ccc6c5O)ccc4c3O)cc2C)cc1.[Cu]. The van der Waals surface area contributed by atoms with Gasteiger partial charge in [-0.25, -0.2) is 0 Å². The number of nitrogens with two attached hydrogens (primary N) is 1. The summed E-state index contributed by atoms with van der Waals surface area (Å²) in [5, 5.41) is 61.1. The first-order valence-electron chi connectivity index (χ1n) is 14.5. The molecular weight excluding hydrogens is 642 g/mol. The van der Waals surface area contributed by atoms with Crippen molar-refractivity contribution in [3.63, 3.8) is 0 Å². The maximum atomic E-state index is 11.1. The molecule has 0 spiro atoms. The summed E-state index contributed by atoms with van der Waals surface area (Å²) >= 11 is 0. The van der Waals surface area contributed by atoms with Crippen LogP contribution in [0.3, 0.4) is 0 Å². The minimum Gasteiger partial charge on any atom is -0.506 e. The number of rotatable bonds is 6. The van der Waals surface area contributed by atoms with Crippen LogP contribution in [0.5, 0.6) is 17.2 Å². The molecule has 0 aliphatic heterocycles. The summed E-state index contributed by atoms with van der Waals surface area (Å²) in [6.07, 6.45) is 0. The maximum absolute atomic E-state index is 11.1. The van der Waals surface area contributed by atoms with Gasteiger partial charge in [-0.1, -0.05) is 17.7 Å². The van der Waals surface area contributed by atoms with Crippen LogP contribution in [0.1, 0.15) is 22.3 Å². The van der Waals surface area contributed by atoms with E-state index in [0.717, 1.165) is 27.5 Å². The number of hydrogen-bond acceptors (Lipinski definition) is 10. The van der Waals surface area contributed by atoms with Crippen molar-refractivity contribution < 1.29 is 32.4 Å². The Morgan fingerprint density at radius 2 is 1.02 bits per heavy atom. The van der Waals surface area contributed by atoms with E-state index < -0.39 is 0 Å². The van der Waals surface area contributed by atoms with E-state index in [1.807, 2.05) is 64.1 Å². The Bertz CT molecular complexity index is 2250. The molecule has 1 radical (unpaired) electrons. The third-order valence-corrected chi connectivity index (χ3v) is 7.68. The first-order valence-corrected chi connectivity index (χ1v) is 14.5. The Morgan fingerprint density at radius 3 is 1.68 bits per heavy atom. The summed E-state index contributed by atoms with van der Waals surface area (Å²) in [6.45, 7) is 7.50. The van der Waals surface area contributed by atoms with Gasteiger partial charge in [-0.2, -0.15) is 15.3 Å². The van der Waals surface area contributed by atoms with E-state index in [1.54, 1.807) is 42.5 Å². The molecule has 0 atom stereocenters. The molecule has 239 valence electrons. The summed E-state index contributed by atoms with van der Waals surface area (Å²) in [4.78, 5) is 0. The topological polar surface area (TPSA) is 161 Å². The van der Waals surface area contributed by atoms with Crippen molar-refractivity contribution in [3.05, 3.63) is 107 Å². The number of phenols is 3. The summed E-state index contributed by atoms with van der Waals surface area (Å²) < 4.78 is 0. The second-order valence-electron chi connectivity index (χ2n) is 11.2. The molecule has 0 bridgehead atoms. The Hall–Kier alpha value is -5.64. The molecule has 5 N–H and O–H groups in total. The van der Waals surface area contributed by atoms with Crippen molar-refractivity contribution in [1.29, 1.82) is 0 Å². The van der Waals surface area contributed by atoms with Gasteiger partial charge in [0.25, 0.3) is 0 Å². The van der Waals surface area contributed by atoms with Crippen molar-refractivity contribution in [1.82, 2.24) is 0 Å². The maximum Gasteiger partial charge on any atom is 0.151 e. The summed E-state index contributed by atoms with van der Waals surface area (Å²) in [7, 11) is 0. The average Bonchev–Trinajstić information content (AvgIpc) is 3.02. The van der Waals surface area contributed by atoms with Gasteiger partial charge in [0.1, 0.15) is 22.8 Å². The number of phenolic OH excluding ortho intramolecular Hbond substituents is 3. The number of fused-ring (bicyclic) bond motifs is 2. The van der Waals surface area contributed by atoms with E-state index >= 15 is 0 Å². The third-order valence-electron chi connectivity index (χ3n) is 7.68. The number of nitrogen functional groups attached to an aromatic ring is 1. The zero-order chi connectivity index (χ0) is 32.5. The number of nitrogens with zero attached hydrogens (tertiary/aromatic N) is 6. The molecule has 0 saturated carbocycles. The van der Waals surface area contributed by atoms with Crippen LogP contribution in [-0.4, -0.2) is 15.3 Å². The first-order chi connectivity index (χ1) is 22.1. The van der Waals surface area contributed by atoms with E-state index in [9.17, 15) is 15.3 Å². The number of aryl methyl sites for hydroxylation is 4. The van der Waals surface area contributed by atoms with Gasteiger partial charge >= 0.3 is 0 Å². The molecule has 0 heterocycles. The Morgan fingerprint density at radius 1 is 0.489 bits per heavy atom. The monoisotopic (exact) mass is 672 g/mol. The standard InChI is InChI=1S/C36H31N7O3.Cu/c1-19-5-8-26(9-6-19)38-40-30-18-32(44)31(15-20(30)2)41-43-34-22(4)14-24-17-27(10-12-29(24)36(34)46)39-42-33-21(3)13-23-16-25(37)7-11-28(23)35(33)45;/h5-18,44-46H,37H2,1-4H3;. The van der Waals surface area contributed by atoms with Gasteiger partial charge in [-0.3, -0.25) is 0 Å². The molecule has 6 aromatic rings. The molecule has 11 heteroatoms. The average molecular weight is 673 g/mol. The predicted octanol–water partition coefficient (Wildman–Crippen LogP) is 11.2. The molecule has 0 saturated heterocycles. The molecule has 0 aromatic heterocycles. The molecule has 10 nitrogen and oxygen atoms in total. The zero-order valence-corrected chi connectivity index (χ0v) is 26.9. The van der Waals surface area contributed by atoms with E-state index in [-0.39, 0.29) is 45.7 Å². The Balaban J connectivity index is 0.00000433. The van der Waals surface area contributed by atoms with Gasteiger partial charge in [0.2, 0.25) is 0 Å². The molecule has 0 unspecified atom stereocenters. The van der Waals surface area contributed by atoms with Crippen molar-refractivity contribution in [2.45, 2.75) is 27.7 Å². The second-order valence-corrected chi connectivity index (χ2v) is 11.2. The van der Waals surface area contributed by atoms with Crippen molar-refractivity contribution in [3.8, 4) is 17.2 Å². The number of anilines is 1. The van der Waals surface area contributed by atoms with Gasteiger partial charge in [-0.15, -0.1) is 15.3 Å². The summed E-state index contributed by atoms with van der Waals surface area (Å²) in [6, 6.07) is 25.1. The molecule has 47 heavy (non-hydrogen) atoms.